The molecule has 0 bridgehead atoms. The van der Waals surface area contributed by atoms with Gasteiger partial charge in [0.1, 0.15) is 5.60 Å². The number of hydrogen-bond donors (Lipinski definition) is 3. The number of nitrogens with zero attached hydrogens (tertiary/aromatic N) is 1. The topological polar surface area (TPSA) is 222 Å². The average Bonchev–Trinajstić information content (AvgIpc) is 2.37. The number of rotatable bonds is 8. The van der Waals surface area contributed by atoms with Gasteiger partial charge in [0.05, 0.1) is 10.9 Å². The van der Waals surface area contributed by atoms with E-state index in [0.29, 0.717) is 6.42 Å². The molecule has 0 unspecified atom stereocenters. The maximum absolute atomic E-state index is 10.2. The average molecular weight is 543 g/mol. The molecular weight excluding hydrogens is 527 g/mol. The molecule has 0 aromatic rings. The van der Waals surface area contributed by atoms with E-state index in [1.807, 2.05) is 0 Å². The van der Waals surface area contributed by atoms with Crippen molar-refractivity contribution in [3.63, 3.8) is 0 Å². The van der Waals surface area contributed by atoms with Crippen LogP contribution >= 0.6 is 0 Å². The molecule has 2 radical (unpaired) electrons. The molecule has 13 heteroatoms. The molecule has 12 nitrogen and oxygen atoms in total. The Kier molecular flexibility index (Phi) is 13.9. The number of aliphatic carboxylic acids is 3. The van der Waals surface area contributed by atoms with Crippen LogP contribution in [-0.2, 0) is 14.4 Å². The second-order valence-corrected chi connectivity index (χ2v) is 4.14. The summed E-state index contributed by atoms with van der Waals surface area (Å²) in [4.78, 5) is 39.7. The first-order valence-corrected chi connectivity index (χ1v) is 6.05. The van der Waals surface area contributed by atoms with Crippen LogP contribution in [0.15, 0.2) is 11.5 Å². The van der Waals surface area contributed by atoms with Crippen molar-refractivity contribution in [2.24, 2.45) is 5.73 Å². The van der Waals surface area contributed by atoms with Crippen molar-refractivity contribution in [1.29, 1.82) is 0 Å². The normalized spacial score (nSPS) is 11.0. The summed E-state index contributed by atoms with van der Waals surface area (Å²) >= 11 is 0. The van der Waals surface area contributed by atoms with E-state index in [1.54, 1.807) is 14.0 Å². The largest absolute Gasteiger partial charge is 3.00 e. The van der Waals surface area contributed by atoms with Crippen LogP contribution < -0.4 is 26.4 Å². The molecule has 0 saturated heterocycles. The van der Waals surface area contributed by atoms with Gasteiger partial charge < -0.3 is 45.9 Å². The molecule has 24 heavy (non-hydrogen) atoms. The Morgan fingerprint density at radius 2 is 1.54 bits per heavy atom. The molecule has 0 heterocycles. The molecular formula is C11H16BiN3O9. The number of carboxylic acid groups (broad SMARTS) is 3. The Bertz CT molecular complexity index is 491. The first kappa shape index (κ1) is 26.9. The van der Waals surface area contributed by atoms with Crippen molar-refractivity contribution in [2.75, 3.05) is 7.05 Å². The van der Waals surface area contributed by atoms with E-state index >= 15 is 0 Å². The third kappa shape index (κ3) is 10.7. The number of nitro groups is 1. The van der Waals surface area contributed by atoms with Crippen LogP contribution in [0.5, 0.6) is 0 Å². The second-order valence-electron chi connectivity index (χ2n) is 4.14. The Balaban J connectivity index is -0.000000364. The molecule has 0 amide bonds. The third-order valence-electron chi connectivity index (χ3n) is 2.39. The number of carboxylic acids is 3. The first-order valence-electron chi connectivity index (χ1n) is 6.05. The van der Waals surface area contributed by atoms with E-state index in [9.17, 15) is 39.8 Å². The monoisotopic (exact) mass is 543 g/mol. The van der Waals surface area contributed by atoms with Gasteiger partial charge in [0.2, 0.25) is 0 Å². The van der Waals surface area contributed by atoms with E-state index in [2.05, 4.69) is 5.32 Å². The second kappa shape index (κ2) is 12.4. The summed E-state index contributed by atoms with van der Waals surface area (Å²) in [5, 5.41) is 51.6. The molecule has 0 atom stereocenters. The summed E-state index contributed by atoms with van der Waals surface area (Å²) < 4.78 is 0. The van der Waals surface area contributed by atoms with Crippen LogP contribution in [0.25, 0.3) is 0 Å². The molecule has 0 spiro atoms. The molecule has 134 valence electrons. The third-order valence-corrected chi connectivity index (χ3v) is 2.39. The van der Waals surface area contributed by atoms with Gasteiger partial charge in [0, 0.05) is 38.2 Å². The summed E-state index contributed by atoms with van der Waals surface area (Å²) in [7, 11) is 1.55. The molecule has 0 rings (SSSR count). The zero-order valence-corrected chi connectivity index (χ0v) is 16.3. The van der Waals surface area contributed by atoms with Crippen molar-refractivity contribution in [1.82, 2.24) is 5.32 Å². The fraction of sp³-hybridized carbons (Fsp3) is 0.545. The zero-order valence-electron chi connectivity index (χ0n) is 12.8. The summed E-state index contributed by atoms with van der Waals surface area (Å²) in [6.07, 6.45) is -2.38. The van der Waals surface area contributed by atoms with E-state index < -0.39 is 41.3 Å². The van der Waals surface area contributed by atoms with Crippen LogP contribution in [0, 0.1) is 10.1 Å². The summed E-state index contributed by atoms with van der Waals surface area (Å²) in [5.41, 5.74) is 2.31. The number of nitrogens with two attached hydrogens (primary N) is 1. The van der Waals surface area contributed by atoms with Gasteiger partial charge in [-0.25, -0.2) is 0 Å². The van der Waals surface area contributed by atoms with Gasteiger partial charge in [0.15, 0.2) is 5.82 Å². The molecule has 0 aromatic carbocycles. The standard InChI is InChI=1S/C6H8O7.C5H11N3O2.Bi/c7-3(8)1-6(13,5(11)12)2-4(9)10;1-3-4(8(9)10)5(6)7-2;/h13H,1-2H2,(H,7,8)(H,9,10)(H,11,12);7H,3,6H2,1-2H3;/q;;+3/p-3. The number of nitrogens with one attached hydrogen (secondary N) is 1. The smallest absolute Gasteiger partial charge is 0.550 e. The van der Waals surface area contributed by atoms with Gasteiger partial charge in [0.25, 0.3) is 5.70 Å². The van der Waals surface area contributed by atoms with Gasteiger partial charge in [-0.05, 0) is 0 Å². The van der Waals surface area contributed by atoms with Crippen molar-refractivity contribution in [2.45, 2.75) is 31.8 Å². The van der Waals surface area contributed by atoms with E-state index in [1.165, 1.54) is 0 Å². The van der Waals surface area contributed by atoms with Crippen LogP contribution in [0.2, 0.25) is 0 Å². The molecule has 0 aliphatic heterocycles. The van der Waals surface area contributed by atoms with Gasteiger partial charge in [-0.3, -0.25) is 10.1 Å². The van der Waals surface area contributed by atoms with Gasteiger partial charge in [-0.1, -0.05) is 6.92 Å². The molecule has 0 aliphatic rings. The van der Waals surface area contributed by atoms with Gasteiger partial charge >= 0.3 is 26.2 Å². The molecule has 0 aromatic heterocycles. The minimum atomic E-state index is -2.97. The van der Waals surface area contributed by atoms with Crippen LogP contribution in [0.4, 0.5) is 0 Å². The maximum Gasteiger partial charge on any atom is 3.00 e. The zero-order chi connectivity index (χ0) is 18.8. The number of carbonyl (C=O) groups excluding carboxylic acids is 3. The summed E-state index contributed by atoms with van der Waals surface area (Å²) in [6, 6.07) is 0. The van der Waals surface area contributed by atoms with E-state index in [-0.39, 0.29) is 37.7 Å². The predicted octanol–water partition coefficient (Wildman–Crippen LogP) is -5.61. The van der Waals surface area contributed by atoms with Crippen LogP contribution in [-0.4, -0.2) is 66.8 Å². The maximum atomic E-state index is 10.2. The summed E-state index contributed by atoms with van der Waals surface area (Å²) in [5.74, 6) is -5.85. The Labute approximate surface area is 155 Å². The van der Waals surface area contributed by atoms with Gasteiger partial charge in [-0.15, -0.1) is 0 Å². The van der Waals surface area contributed by atoms with Gasteiger partial charge in [-0.2, -0.15) is 0 Å². The Morgan fingerprint density at radius 3 is 1.67 bits per heavy atom. The van der Waals surface area contributed by atoms with E-state index in [4.69, 9.17) is 10.8 Å². The first-order chi connectivity index (χ1) is 10.4. The predicted molar refractivity (Wildman–Crippen MR) is 72.5 cm³/mol. The molecule has 0 fully saturated rings. The van der Waals surface area contributed by atoms with Crippen LogP contribution in [0.3, 0.4) is 0 Å². The minimum absolute atomic E-state index is 0. The quantitative estimate of drug-likeness (QED) is 0.149. The van der Waals surface area contributed by atoms with Crippen molar-refractivity contribution >= 4 is 44.1 Å². The molecule has 0 aliphatic carbocycles. The number of aliphatic hydroxyl groups is 1. The molecule has 4 N–H and O–H groups in total. The van der Waals surface area contributed by atoms with E-state index in [0.717, 1.165) is 0 Å². The Morgan fingerprint density at radius 1 is 1.17 bits per heavy atom. The summed E-state index contributed by atoms with van der Waals surface area (Å²) in [6.45, 7) is 1.68. The number of carbonyl (C=O) groups is 3. The van der Waals surface area contributed by atoms with Crippen molar-refractivity contribution in [3.05, 3.63) is 21.6 Å². The fourth-order valence-corrected chi connectivity index (χ4v) is 1.25. The van der Waals surface area contributed by atoms with Crippen molar-refractivity contribution in [3.8, 4) is 0 Å². The molecule has 0 saturated carbocycles. The number of hydrogen-bond acceptors (Lipinski definition) is 11. The minimum Gasteiger partial charge on any atom is -0.550 e. The van der Waals surface area contributed by atoms with Crippen molar-refractivity contribution < 1.29 is 39.7 Å². The number of allylic oxidation sites excluding steroid dienone is 1. The SMILES string of the molecule is CCC(=C(N)NC)[N+](=O)[O-].O=C([O-])CC(O)(CC(=O)[O-])C(=O)[O-].[Bi+3]. The Hall–Kier alpha value is -2.01. The fourth-order valence-electron chi connectivity index (χ4n) is 1.25. The van der Waals surface area contributed by atoms with Crippen LogP contribution in [0.1, 0.15) is 26.2 Å².